The van der Waals surface area contributed by atoms with Gasteiger partial charge in [0.05, 0.1) is 6.04 Å². The average Bonchev–Trinajstić information content (AvgIpc) is 3.34. The van der Waals surface area contributed by atoms with Crippen LogP contribution in [0.5, 0.6) is 0 Å². The normalized spacial score (nSPS) is 20.3. The number of thioether (sulfide) groups is 1. The number of nitrogens with zero attached hydrogens (tertiary/aromatic N) is 4. The van der Waals surface area contributed by atoms with E-state index in [4.69, 9.17) is 4.52 Å². The first kappa shape index (κ1) is 21.0. The second kappa shape index (κ2) is 9.55. The summed E-state index contributed by atoms with van der Waals surface area (Å²) < 4.78 is 5.43. The Morgan fingerprint density at radius 1 is 1.27 bits per heavy atom. The number of carbonyl (C=O) groups is 1. The van der Waals surface area contributed by atoms with Gasteiger partial charge >= 0.3 is 0 Å². The molecule has 1 unspecified atom stereocenters. The van der Waals surface area contributed by atoms with E-state index >= 15 is 0 Å². The molecule has 2 fully saturated rings. The molecule has 1 atom stereocenters. The molecule has 0 bridgehead atoms. The fourth-order valence-electron chi connectivity index (χ4n) is 3.12. The quantitative estimate of drug-likeness (QED) is 0.819. The van der Waals surface area contributed by atoms with Crippen LogP contribution in [0.2, 0.25) is 0 Å². The highest BCUT2D eigenvalue weighted by Gasteiger charge is 2.32. The van der Waals surface area contributed by atoms with E-state index in [1.807, 2.05) is 23.1 Å². The number of hydrogen-bond donors (Lipinski definition) is 1. The van der Waals surface area contributed by atoms with Gasteiger partial charge in [-0.05, 0) is 25.0 Å². The number of pyridine rings is 1. The van der Waals surface area contributed by atoms with Crippen LogP contribution in [0.15, 0.2) is 28.9 Å². The zero-order valence-electron chi connectivity index (χ0n) is 14.0. The Hall–Kier alpha value is -1.35. The molecule has 142 valence electrons. The third-order valence-electron chi connectivity index (χ3n) is 4.51. The molecule has 10 heteroatoms. The minimum Gasteiger partial charge on any atom is -0.341 e. The summed E-state index contributed by atoms with van der Waals surface area (Å²) in [5, 5.41) is 7.28. The summed E-state index contributed by atoms with van der Waals surface area (Å²) in [7, 11) is 0. The van der Waals surface area contributed by atoms with Gasteiger partial charge in [0.2, 0.25) is 17.6 Å². The molecule has 1 amide bonds. The van der Waals surface area contributed by atoms with Gasteiger partial charge in [0, 0.05) is 36.8 Å². The van der Waals surface area contributed by atoms with E-state index in [1.54, 1.807) is 18.0 Å². The van der Waals surface area contributed by atoms with Crippen molar-refractivity contribution >= 4 is 42.5 Å². The summed E-state index contributed by atoms with van der Waals surface area (Å²) in [5.74, 6) is 3.35. The molecule has 2 aliphatic rings. The molecule has 0 radical (unpaired) electrons. The lowest BCUT2D eigenvalue weighted by atomic mass is 9.96. The standard InChI is InChI=1S/C16H19N5O2S.2ClH/c22-16(13-9-24-10-18-13)21-7-4-11(5-8-21)15-19-14(20-23-15)12-3-1-2-6-17-12;;/h1-3,6,11,13,18H,4-5,7-10H2;2*1H. The molecule has 2 saturated heterocycles. The van der Waals surface area contributed by atoms with E-state index in [9.17, 15) is 4.79 Å². The second-order valence-electron chi connectivity index (χ2n) is 6.04. The first-order valence-electron chi connectivity index (χ1n) is 8.16. The molecule has 2 aromatic rings. The van der Waals surface area contributed by atoms with Crippen LogP contribution < -0.4 is 5.32 Å². The van der Waals surface area contributed by atoms with Crippen molar-refractivity contribution in [3.8, 4) is 11.5 Å². The first-order chi connectivity index (χ1) is 11.8. The minimum absolute atomic E-state index is 0. The van der Waals surface area contributed by atoms with Crippen LogP contribution >= 0.6 is 36.6 Å². The fourth-order valence-corrected chi connectivity index (χ4v) is 4.05. The minimum atomic E-state index is -0.0225. The van der Waals surface area contributed by atoms with Crippen molar-refractivity contribution in [2.24, 2.45) is 0 Å². The van der Waals surface area contributed by atoms with E-state index in [2.05, 4.69) is 20.4 Å². The zero-order chi connectivity index (χ0) is 16.4. The largest absolute Gasteiger partial charge is 0.341 e. The Balaban J connectivity index is 0.00000121. The third kappa shape index (κ3) is 4.49. The molecule has 1 N–H and O–H groups in total. The first-order valence-corrected chi connectivity index (χ1v) is 9.31. The predicted octanol–water partition coefficient (Wildman–Crippen LogP) is 2.34. The molecule has 0 aromatic carbocycles. The Kier molecular flexibility index (Phi) is 7.69. The maximum absolute atomic E-state index is 12.4. The molecule has 7 nitrogen and oxygen atoms in total. The highest BCUT2D eigenvalue weighted by atomic mass is 35.5. The third-order valence-corrected chi connectivity index (χ3v) is 5.45. The lowest BCUT2D eigenvalue weighted by molar-refractivity contribution is -0.133. The molecule has 26 heavy (non-hydrogen) atoms. The smallest absolute Gasteiger partial charge is 0.240 e. The van der Waals surface area contributed by atoms with E-state index in [1.165, 1.54) is 0 Å². The summed E-state index contributed by atoms with van der Waals surface area (Å²) in [6.07, 6.45) is 3.43. The average molecular weight is 418 g/mol. The number of nitrogens with one attached hydrogen (secondary N) is 1. The molecule has 0 aliphatic carbocycles. The predicted molar refractivity (Wildman–Crippen MR) is 105 cm³/mol. The number of carbonyl (C=O) groups excluding carboxylic acids is 1. The molecular weight excluding hydrogens is 397 g/mol. The van der Waals surface area contributed by atoms with E-state index in [0.717, 1.165) is 37.6 Å². The molecule has 4 heterocycles. The van der Waals surface area contributed by atoms with Crippen LogP contribution in [0.3, 0.4) is 0 Å². The van der Waals surface area contributed by atoms with Crippen LogP contribution in [0, 0.1) is 0 Å². The molecule has 0 spiro atoms. The fraction of sp³-hybridized carbons (Fsp3) is 0.500. The maximum Gasteiger partial charge on any atom is 0.240 e. The van der Waals surface area contributed by atoms with Crippen LogP contribution in [-0.2, 0) is 4.79 Å². The van der Waals surface area contributed by atoms with Crippen molar-refractivity contribution in [3.63, 3.8) is 0 Å². The lowest BCUT2D eigenvalue weighted by Gasteiger charge is -2.32. The Labute approximate surface area is 168 Å². The second-order valence-corrected chi connectivity index (χ2v) is 7.07. The summed E-state index contributed by atoms with van der Waals surface area (Å²) in [4.78, 5) is 23.1. The van der Waals surface area contributed by atoms with Gasteiger partial charge in [0.1, 0.15) is 5.69 Å². The van der Waals surface area contributed by atoms with E-state index in [0.29, 0.717) is 17.4 Å². The molecule has 0 saturated carbocycles. The van der Waals surface area contributed by atoms with E-state index in [-0.39, 0.29) is 42.7 Å². The van der Waals surface area contributed by atoms with Crippen molar-refractivity contribution in [1.29, 1.82) is 0 Å². The van der Waals surface area contributed by atoms with Gasteiger partial charge in [-0.1, -0.05) is 11.2 Å². The summed E-state index contributed by atoms with van der Waals surface area (Å²) in [6.45, 7) is 1.49. The lowest BCUT2D eigenvalue weighted by Crippen LogP contribution is -2.47. The monoisotopic (exact) mass is 417 g/mol. The van der Waals surface area contributed by atoms with Gasteiger partial charge in [0.15, 0.2) is 0 Å². The number of likely N-dealkylation sites (tertiary alicyclic amines) is 1. The van der Waals surface area contributed by atoms with Crippen LogP contribution in [0.4, 0.5) is 0 Å². The van der Waals surface area contributed by atoms with Gasteiger partial charge < -0.3 is 9.42 Å². The molecule has 4 rings (SSSR count). The van der Waals surface area contributed by atoms with Crippen molar-refractivity contribution in [2.45, 2.75) is 24.8 Å². The topological polar surface area (TPSA) is 84.2 Å². The SMILES string of the molecule is Cl.Cl.O=C(C1CSCN1)N1CCC(c2nc(-c3ccccn3)no2)CC1. The zero-order valence-corrected chi connectivity index (χ0v) is 16.5. The Morgan fingerprint density at radius 2 is 2.08 bits per heavy atom. The Morgan fingerprint density at radius 3 is 2.73 bits per heavy atom. The molecule has 2 aromatic heterocycles. The number of rotatable bonds is 3. The van der Waals surface area contributed by atoms with Gasteiger partial charge in [0.25, 0.3) is 0 Å². The van der Waals surface area contributed by atoms with Gasteiger partial charge in [-0.25, -0.2) is 0 Å². The Bertz CT molecular complexity index is 704. The van der Waals surface area contributed by atoms with Crippen molar-refractivity contribution < 1.29 is 9.32 Å². The van der Waals surface area contributed by atoms with Crippen molar-refractivity contribution in [2.75, 3.05) is 24.7 Å². The number of hydrogen-bond acceptors (Lipinski definition) is 7. The number of aromatic nitrogens is 3. The van der Waals surface area contributed by atoms with E-state index < -0.39 is 0 Å². The van der Waals surface area contributed by atoms with Crippen LogP contribution in [0.1, 0.15) is 24.7 Å². The van der Waals surface area contributed by atoms with Gasteiger partial charge in [-0.3, -0.25) is 15.1 Å². The van der Waals surface area contributed by atoms with Crippen LogP contribution in [0.25, 0.3) is 11.5 Å². The van der Waals surface area contributed by atoms with Crippen LogP contribution in [-0.4, -0.2) is 56.7 Å². The van der Waals surface area contributed by atoms with Gasteiger partial charge in [-0.15, -0.1) is 36.6 Å². The number of piperidine rings is 1. The molecule has 2 aliphatic heterocycles. The van der Waals surface area contributed by atoms with Gasteiger partial charge in [-0.2, -0.15) is 4.98 Å². The number of halogens is 2. The number of amides is 1. The maximum atomic E-state index is 12.4. The summed E-state index contributed by atoms with van der Waals surface area (Å²) in [6, 6.07) is 5.60. The van der Waals surface area contributed by atoms with Crippen molar-refractivity contribution in [3.05, 3.63) is 30.3 Å². The molecular formula is C16H21Cl2N5O2S. The summed E-state index contributed by atoms with van der Waals surface area (Å²) >= 11 is 1.77. The summed E-state index contributed by atoms with van der Waals surface area (Å²) in [5.41, 5.74) is 0.713. The highest BCUT2D eigenvalue weighted by Crippen LogP contribution is 2.28. The van der Waals surface area contributed by atoms with Crippen molar-refractivity contribution in [1.82, 2.24) is 25.3 Å². The highest BCUT2D eigenvalue weighted by molar-refractivity contribution is 7.99.